The molecule has 1 aromatic heterocycles. The fourth-order valence-electron chi connectivity index (χ4n) is 3.58. The number of rotatable bonds is 6. The second kappa shape index (κ2) is 9.75. The van der Waals surface area contributed by atoms with E-state index >= 15 is 0 Å². The molecule has 1 atom stereocenters. The van der Waals surface area contributed by atoms with Gasteiger partial charge in [0.15, 0.2) is 5.16 Å². The molecule has 0 bridgehead atoms. The van der Waals surface area contributed by atoms with Gasteiger partial charge in [0, 0.05) is 29.5 Å². The van der Waals surface area contributed by atoms with Crippen LogP contribution in [0.25, 0.3) is 5.69 Å². The Bertz CT molecular complexity index is 1050. The van der Waals surface area contributed by atoms with Crippen molar-refractivity contribution in [3.8, 4) is 5.69 Å². The van der Waals surface area contributed by atoms with Crippen LogP contribution in [0.15, 0.2) is 53.9 Å². The summed E-state index contributed by atoms with van der Waals surface area (Å²) < 4.78 is 1.84. The molecule has 162 valence electrons. The monoisotopic (exact) mass is 455 g/mol. The number of aromatic nitrogens is 3. The van der Waals surface area contributed by atoms with E-state index in [0.717, 1.165) is 30.0 Å². The third kappa shape index (κ3) is 5.22. The Hall–Kier alpha value is -2.51. The van der Waals surface area contributed by atoms with Gasteiger partial charge in [-0.25, -0.2) is 0 Å². The summed E-state index contributed by atoms with van der Waals surface area (Å²) in [6, 6.07) is 13.9. The molecule has 1 amide bonds. The van der Waals surface area contributed by atoms with Crippen LogP contribution in [0.2, 0.25) is 5.02 Å². The minimum Gasteiger partial charge on any atom is -0.372 e. The first kappa shape index (κ1) is 21.7. The molecule has 0 saturated carbocycles. The largest absolute Gasteiger partial charge is 0.372 e. The van der Waals surface area contributed by atoms with Crippen LogP contribution in [-0.4, -0.2) is 39.0 Å². The Balaban J connectivity index is 1.39. The van der Waals surface area contributed by atoms with Crippen LogP contribution in [-0.2, 0) is 4.79 Å². The fourth-order valence-corrected chi connectivity index (χ4v) is 4.59. The van der Waals surface area contributed by atoms with Gasteiger partial charge in [0.2, 0.25) is 5.91 Å². The number of carbonyl (C=O) groups excluding carboxylic acids is 1. The van der Waals surface area contributed by atoms with Gasteiger partial charge in [0.1, 0.15) is 6.33 Å². The van der Waals surface area contributed by atoms with Crippen LogP contribution in [0, 0.1) is 6.92 Å². The molecule has 0 spiro atoms. The summed E-state index contributed by atoms with van der Waals surface area (Å²) in [5.41, 5.74) is 3.88. The number of nitrogens with one attached hydrogen (secondary N) is 1. The van der Waals surface area contributed by atoms with Gasteiger partial charge in [0.25, 0.3) is 0 Å². The van der Waals surface area contributed by atoms with Gasteiger partial charge >= 0.3 is 0 Å². The van der Waals surface area contributed by atoms with Gasteiger partial charge in [-0.15, -0.1) is 10.2 Å². The third-order valence-corrected chi connectivity index (χ3v) is 6.92. The van der Waals surface area contributed by atoms with Gasteiger partial charge in [-0.1, -0.05) is 29.4 Å². The van der Waals surface area contributed by atoms with E-state index in [4.69, 9.17) is 11.6 Å². The zero-order valence-corrected chi connectivity index (χ0v) is 19.3. The Labute approximate surface area is 192 Å². The van der Waals surface area contributed by atoms with Gasteiger partial charge < -0.3 is 10.2 Å². The van der Waals surface area contributed by atoms with Crippen molar-refractivity contribution in [3.05, 3.63) is 59.4 Å². The molecular formula is C23H26ClN5OS. The molecule has 8 heteroatoms. The van der Waals surface area contributed by atoms with Crippen molar-refractivity contribution in [3.63, 3.8) is 0 Å². The van der Waals surface area contributed by atoms with E-state index in [2.05, 4.69) is 32.5 Å². The lowest BCUT2D eigenvalue weighted by Crippen LogP contribution is -2.29. The van der Waals surface area contributed by atoms with Crippen molar-refractivity contribution >= 4 is 40.6 Å². The van der Waals surface area contributed by atoms with Crippen LogP contribution in [0.1, 0.15) is 31.7 Å². The normalized spacial score (nSPS) is 15.0. The maximum Gasteiger partial charge on any atom is 0.237 e. The van der Waals surface area contributed by atoms with Crippen LogP contribution in [0.4, 0.5) is 11.4 Å². The highest BCUT2D eigenvalue weighted by atomic mass is 35.5. The van der Waals surface area contributed by atoms with E-state index in [-0.39, 0.29) is 11.2 Å². The summed E-state index contributed by atoms with van der Waals surface area (Å²) in [4.78, 5) is 15.2. The molecule has 1 fully saturated rings. The molecule has 1 aliphatic heterocycles. The highest BCUT2D eigenvalue weighted by Crippen LogP contribution is 2.27. The lowest BCUT2D eigenvalue weighted by Gasteiger charge is -2.28. The van der Waals surface area contributed by atoms with Crippen LogP contribution in [0.5, 0.6) is 0 Å². The van der Waals surface area contributed by atoms with Crippen LogP contribution >= 0.6 is 23.4 Å². The molecule has 3 aromatic rings. The maximum absolute atomic E-state index is 12.8. The standard InChI is InChI=1S/C23H26ClN5OS/c1-16-6-9-20(14-21(16)24)29-15-25-27-23(29)31-17(2)22(30)26-18-7-10-19(11-8-18)28-12-4-3-5-13-28/h6-11,14-15,17H,3-5,12-13H2,1-2H3,(H,26,30). The minimum absolute atomic E-state index is 0.0767. The second-order valence-electron chi connectivity index (χ2n) is 7.76. The summed E-state index contributed by atoms with van der Waals surface area (Å²) in [5, 5.41) is 12.2. The van der Waals surface area contributed by atoms with Crippen molar-refractivity contribution < 1.29 is 4.79 Å². The van der Waals surface area contributed by atoms with Gasteiger partial charge in [-0.05, 0) is 75.1 Å². The molecule has 1 saturated heterocycles. The molecule has 1 N–H and O–H groups in total. The first-order valence-electron chi connectivity index (χ1n) is 10.5. The molecule has 1 aliphatic rings. The predicted octanol–water partition coefficient (Wildman–Crippen LogP) is 5.34. The molecule has 0 aliphatic carbocycles. The number of thioether (sulfide) groups is 1. The van der Waals surface area contributed by atoms with Crippen molar-refractivity contribution in [1.82, 2.24) is 14.8 Å². The topological polar surface area (TPSA) is 63.1 Å². The van der Waals surface area contributed by atoms with E-state index in [0.29, 0.717) is 10.2 Å². The smallest absolute Gasteiger partial charge is 0.237 e. The highest BCUT2D eigenvalue weighted by Gasteiger charge is 2.19. The number of hydrogen-bond donors (Lipinski definition) is 1. The van der Waals surface area contributed by atoms with E-state index < -0.39 is 0 Å². The van der Waals surface area contributed by atoms with Crippen molar-refractivity contribution in [1.29, 1.82) is 0 Å². The Morgan fingerprint density at radius 1 is 1.10 bits per heavy atom. The van der Waals surface area contributed by atoms with Crippen molar-refractivity contribution in [2.45, 2.75) is 43.5 Å². The average Bonchev–Trinajstić information content (AvgIpc) is 3.25. The number of nitrogens with zero attached hydrogens (tertiary/aromatic N) is 4. The Morgan fingerprint density at radius 2 is 1.81 bits per heavy atom. The number of anilines is 2. The average molecular weight is 456 g/mol. The summed E-state index contributed by atoms with van der Waals surface area (Å²) in [5.74, 6) is -0.0767. The fraction of sp³-hybridized carbons (Fsp3) is 0.348. The zero-order valence-electron chi connectivity index (χ0n) is 17.7. The predicted molar refractivity (Wildman–Crippen MR) is 128 cm³/mol. The summed E-state index contributed by atoms with van der Waals surface area (Å²) >= 11 is 7.62. The lowest BCUT2D eigenvalue weighted by molar-refractivity contribution is -0.115. The third-order valence-electron chi connectivity index (χ3n) is 5.46. The zero-order chi connectivity index (χ0) is 21.8. The lowest BCUT2D eigenvalue weighted by atomic mass is 10.1. The van der Waals surface area contributed by atoms with E-state index in [9.17, 15) is 4.79 Å². The van der Waals surface area contributed by atoms with E-state index in [1.54, 1.807) is 6.33 Å². The van der Waals surface area contributed by atoms with E-state index in [1.165, 1.54) is 36.7 Å². The second-order valence-corrected chi connectivity index (χ2v) is 9.48. The molecule has 1 unspecified atom stereocenters. The Morgan fingerprint density at radius 3 is 2.52 bits per heavy atom. The van der Waals surface area contributed by atoms with Gasteiger partial charge in [-0.3, -0.25) is 9.36 Å². The number of halogens is 1. The Kier molecular flexibility index (Phi) is 6.83. The molecule has 6 nitrogen and oxygen atoms in total. The molecular weight excluding hydrogens is 430 g/mol. The number of benzene rings is 2. The summed E-state index contributed by atoms with van der Waals surface area (Å²) in [7, 11) is 0. The van der Waals surface area contributed by atoms with Crippen molar-refractivity contribution in [2.24, 2.45) is 0 Å². The molecule has 0 radical (unpaired) electrons. The quantitative estimate of drug-likeness (QED) is 0.508. The van der Waals surface area contributed by atoms with Crippen molar-refractivity contribution in [2.75, 3.05) is 23.3 Å². The van der Waals surface area contributed by atoms with Crippen LogP contribution in [0.3, 0.4) is 0 Å². The molecule has 31 heavy (non-hydrogen) atoms. The van der Waals surface area contributed by atoms with Gasteiger partial charge in [0.05, 0.1) is 10.9 Å². The van der Waals surface area contributed by atoms with Gasteiger partial charge in [-0.2, -0.15) is 0 Å². The molecule has 4 rings (SSSR count). The summed E-state index contributed by atoms with van der Waals surface area (Å²) in [6.07, 6.45) is 5.43. The summed E-state index contributed by atoms with van der Waals surface area (Å²) in [6.45, 7) is 6.03. The first-order valence-corrected chi connectivity index (χ1v) is 11.8. The number of hydrogen-bond acceptors (Lipinski definition) is 5. The number of amides is 1. The van der Waals surface area contributed by atoms with E-state index in [1.807, 2.05) is 48.7 Å². The number of aryl methyl sites for hydroxylation is 1. The van der Waals surface area contributed by atoms with Crippen LogP contribution < -0.4 is 10.2 Å². The maximum atomic E-state index is 12.8. The SMILES string of the molecule is Cc1ccc(-n2cnnc2SC(C)C(=O)Nc2ccc(N3CCCCC3)cc2)cc1Cl. The molecule has 2 heterocycles. The highest BCUT2D eigenvalue weighted by molar-refractivity contribution is 8.00. The number of piperidine rings is 1. The molecule has 2 aromatic carbocycles. The first-order chi connectivity index (χ1) is 15.0. The minimum atomic E-state index is -0.342. The number of carbonyl (C=O) groups is 1.